The van der Waals surface area contributed by atoms with Crippen LogP contribution >= 0.6 is 0 Å². The topological polar surface area (TPSA) is 3.24 Å². The Bertz CT molecular complexity index is 1700. The zero-order valence-electron chi connectivity index (χ0n) is 22.7. The van der Waals surface area contributed by atoms with Gasteiger partial charge in [0.05, 0.1) is 0 Å². The Kier molecular flexibility index (Phi) is 4.07. The third kappa shape index (κ3) is 2.57. The molecule has 0 fully saturated rings. The highest BCUT2D eigenvalue weighted by Crippen LogP contribution is 2.57. The smallest absolute Gasteiger partial charge is 0.0491 e. The van der Waals surface area contributed by atoms with Gasteiger partial charge in [0.2, 0.25) is 0 Å². The van der Waals surface area contributed by atoms with Gasteiger partial charge in [-0.15, -0.1) is 0 Å². The summed E-state index contributed by atoms with van der Waals surface area (Å²) in [6.45, 7) is 9.48. The van der Waals surface area contributed by atoms with Gasteiger partial charge in [-0.3, -0.25) is 0 Å². The lowest BCUT2D eigenvalue weighted by Crippen LogP contribution is -2.18. The third-order valence-corrected chi connectivity index (χ3v) is 9.63. The minimum Gasteiger partial charge on any atom is -0.344 e. The summed E-state index contributed by atoms with van der Waals surface area (Å²) in [6.07, 6.45) is 0. The number of anilines is 2. The number of nitrogens with zero attached hydrogens (tertiary/aromatic N) is 1. The SMILES string of the molecule is CN1c2cc3c(cc2-c2ccccc2-c2cc4c(cc21)C(C)(C)c1ccccc1-4)-c1ccccc1C3(C)C. The lowest BCUT2D eigenvalue weighted by Gasteiger charge is -2.28. The molecule has 1 aliphatic heterocycles. The maximum atomic E-state index is 2.48. The molecule has 1 heterocycles. The Morgan fingerprint density at radius 3 is 1.18 bits per heavy atom. The van der Waals surface area contributed by atoms with Crippen LogP contribution in [0.5, 0.6) is 0 Å². The number of hydrogen-bond acceptors (Lipinski definition) is 1. The van der Waals surface area contributed by atoms with E-state index >= 15 is 0 Å². The first-order chi connectivity index (χ1) is 18.3. The summed E-state index contributed by atoms with van der Waals surface area (Å²) in [6, 6.07) is 36.8. The van der Waals surface area contributed by atoms with Crippen molar-refractivity contribution in [2.45, 2.75) is 38.5 Å². The van der Waals surface area contributed by atoms with Crippen LogP contribution in [0.4, 0.5) is 11.4 Å². The molecule has 5 aromatic carbocycles. The second kappa shape index (κ2) is 7.05. The van der Waals surface area contributed by atoms with Crippen molar-refractivity contribution in [1.29, 1.82) is 0 Å². The van der Waals surface area contributed by atoms with Crippen molar-refractivity contribution in [1.82, 2.24) is 0 Å². The lowest BCUT2D eigenvalue weighted by atomic mass is 9.81. The predicted molar refractivity (Wildman–Crippen MR) is 161 cm³/mol. The molecule has 0 atom stereocenters. The van der Waals surface area contributed by atoms with Gasteiger partial charge in [0.1, 0.15) is 0 Å². The van der Waals surface area contributed by atoms with Crippen molar-refractivity contribution in [3.05, 3.63) is 119 Å². The van der Waals surface area contributed by atoms with Crippen LogP contribution in [0.3, 0.4) is 0 Å². The van der Waals surface area contributed by atoms with E-state index in [9.17, 15) is 0 Å². The number of fused-ring (bicyclic) bond motifs is 11. The van der Waals surface area contributed by atoms with E-state index < -0.39 is 0 Å². The quantitative estimate of drug-likeness (QED) is 0.209. The molecule has 8 rings (SSSR count). The Morgan fingerprint density at radius 1 is 0.395 bits per heavy atom. The van der Waals surface area contributed by atoms with Gasteiger partial charge in [-0.2, -0.15) is 0 Å². The minimum absolute atomic E-state index is 0.0297. The van der Waals surface area contributed by atoms with E-state index in [-0.39, 0.29) is 10.8 Å². The summed E-state index contributed by atoms with van der Waals surface area (Å²) < 4.78 is 0. The molecule has 2 aliphatic carbocycles. The molecule has 0 saturated heterocycles. The Morgan fingerprint density at radius 2 is 0.763 bits per heavy atom. The first-order valence-electron chi connectivity index (χ1n) is 13.7. The molecule has 0 radical (unpaired) electrons. The Labute approximate surface area is 225 Å². The van der Waals surface area contributed by atoms with Crippen molar-refractivity contribution in [3.8, 4) is 44.5 Å². The van der Waals surface area contributed by atoms with E-state index in [0.717, 1.165) is 0 Å². The summed E-state index contributed by atoms with van der Waals surface area (Å²) in [4.78, 5) is 2.45. The zero-order valence-corrected chi connectivity index (χ0v) is 22.7. The standard InChI is InChI=1S/C37H31N/c1-36(2)30-16-10-8-14-24(30)26-18-28-22-12-6-7-13-23(22)29-19-27-25-15-9-11-17-31(25)37(3,4)33(27)21-35(29)38(5)34(28)20-32(26)36/h6-21H,1-5H3. The van der Waals surface area contributed by atoms with Crippen LogP contribution in [-0.4, -0.2) is 7.05 Å². The average molecular weight is 490 g/mol. The Balaban J connectivity index is 1.45. The van der Waals surface area contributed by atoms with E-state index in [4.69, 9.17) is 0 Å². The molecule has 1 nitrogen and oxygen atoms in total. The summed E-state index contributed by atoms with van der Waals surface area (Å²) in [5, 5.41) is 0. The van der Waals surface area contributed by atoms with Gasteiger partial charge in [0.25, 0.3) is 0 Å². The maximum Gasteiger partial charge on any atom is 0.0491 e. The van der Waals surface area contributed by atoms with Crippen LogP contribution in [-0.2, 0) is 10.8 Å². The summed E-state index contributed by atoms with van der Waals surface area (Å²) in [7, 11) is 2.26. The van der Waals surface area contributed by atoms with Crippen LogP contribution < -0.4 is 4.90 Å². The van der Waals surface area contributed by atoms with Crippen molar-refractivity contribution in [2.24, 2.45) is 0 Å². The Hall–Kier alpha value is -4.10. The molecule has 38 heavy (non-hydrogen) atoms. The molecule has 5 aromatic rings. The fourth-order valence-electron chi connectivity index (χ4n) is 7.54. The largest absolute Gasteiger partial charge is 0.344 e. The van der Waals surface area contributed by atoms with E-state index in [2.05, 4.69) is 137 Å². The maximum absolute atomic E-state index is 2.48. The summed E-state index contributed by atoms with van der Waals surface area (Å²) in [5.41, 5.74) is 18.9. The molecule has 0 unspecified atom stereocenters. The van der Waals surface area contributed by atoms with Crippen molar-refractivity contribution in [2.75, 3.05) is 11.9 Å². The van der Waals surface area contributed by atoms with E-state index in [1.807, 2.05) is 0 Å². The van der Waals surface area contributed by atoms with Gasteiger partial charge >= 0.3 is 0 Å². The first-order valence-corrected chi connectivity index (χ1v) is 13.7. The van der Waals surface area contributed by atoms with Crippen LogP contribution in [0.15, 0.2) is 97.1 Å². The first kappa shape index (κ1) is 21.9. The molecule has 184 valence electrons. The minimum atomic E-state index is -0.0297. The van der Waals surface area contributed by atoms with E-state index in [1.54, 1.807) is 0 Å². The fraction of sp³-hybridized carbons (Fsp3) is 0.189. The molecule has 0 aromatic heterocycles. The van der Waals surface area contributed by atoms with Crippen molar-refractivity contribution < 1.29 is 0 Å². The molecule has 0 bridgehead atoms. The molecular formula is C37H31N. The monoisotopic (exact) mass is 489 g/mol. The average Bonchev–Trinajstić information content (AvgIpc) is 3.26. The highest BCUT2D eigenvalue weighted by Gasteiger charge is 2.39. The normalized spacial score (nSPS) is 16.4. The molecular weight excluding hydrogens is 458 g/mol. The number of benzene rings is 5. The van der Waals surface area contributed by atoms with Gasteiger partial charge in [0, 0.05) is 40.4 Å². The zero-order chi connectivity index (χ0) is 26.0. The van der Waals surface area contributed by atoms with Gasteiger partial charge in [-0.1, -0.05) is 100 Å². The van der Waals surface area contributed by atoms with Crippen LogP contribution in [0.1, 0.15) is 49.9 Å². The van der Waals surface area contributed by atoms with Gasteiger partial charge < -0.3 is 4.90 Å². The van der Waals surface area contributed by atoms with E-state index in [0.29, 0.717) is 0 Å². The van der Waals surface area contributed by atoms with E-state index in [1.165, 1.54) is 78.1 Å². The van der Waals surface area contributed by atoms with Gasteiger partial charge in [-0.05, 0) is 79.9 Å². The second-order valence-corrected chi connectivity index (χ2v) is 12.3. The molecule has 1 heteroatoms. The molecule has 3 aliphatic rings. The lowest BCUT2D eigenvalue weighted by molar-refractivity contribution is 0.660. The number of hydrogen-bond donors (Lipinski definition) is 0. The van der Waals surface area contributed by atoms with Gasteiger partial charge in [-0.25, -0.2) is 0 Å². The van der Waals surface area contributed by atoms with Crippen molar-refractivity contribution >= 4 is 11.4 Å². The number of rotatable bonds is 0. The third-order valence-electron chi connectivity index (χ3n) is 9.63. The van der Waals surface area contributed by atoms with Crippen LogP contribution in [0, 0.1) is 0 Å². The summed E-state index contributed by atoms with van der Waals surface area (Å²) in [5.74, 6) is 0. The second-order valence-electron chi connectivity index (χ2n) is 12.3. The molecule has 0 saturated carbocycles. The van der Waals surface area contributed by atoms with Gasteiger partial charge in [0.15, 0.2) is 0 Å². The van der Waals surface area contributed by atoms with Crippen LogP contribution in [0.25, 0.3) is 44.5 Å². The highest BCUT2D eigenvalue weighted by atomic mass is 15.1. The highest BCUT2D eigenvalue weighted by molar-refractivity contribution is 6.03. The van der Waals surface area contributed by atoms with Crippen molar-refractivity contribution in [3.63, 3.8) is 0 Å². The molecule has 0 N–H and O–H groups in total. The van der Waals surface area contributed by atoms with Crippen LogP contribution in [0.2, 0.25) is 0 Å². The molecule has 0 amide bonds. The fourth-order valence-corrected chi connectivity index (χ4v) is 7.54. The molecule has 0 spiro atoms. The summed E-state index contributed by atoms with van der Waals surface area (Å²) >= 11 is 0. The predicted octanol–water partition coefficient (Wildman–Crippen LogP) is 9.71.